The van der Waals surface area contributed by atoms with Gasteiger partial charge in [0.05, 0.1) is 5.69 Å². The van der Waals surface area contributed by atoms with Crippen LogP contribution in [0.2, 0.25) is 0 Å². The van der Waals surface area contributed by atoms with Gasteiger partial charge in [-0.1, -0.05) is 42.5 Å². The van der Waals surface area contributed by atoms with Gasteiger partial charge in [0.15, 0.2) is 12.7 Å². The fraction of sp³-hybridized carbons (Fsp3) is 0.259. The topological polar surface area (TPSA) is 67.9 Å². The third-order valence-corrected chi connectivity index (χ3v) is 5.62. The summed E-state index contributed by atoms with van der Waals surface area (Å²) in [6.45, 7) is 6.12. The molecule has 2 amide bonds. The fourth-order valence-corrected chi connectivity index (χ4v) is 3.81. The molecular formula is C27H28N2O4. The molecule has 1 aliphatic rings. The highest BCUT2D eigenvalue weighted by Crippen LogP contribution is 2.36. The molecule has 0 spiro atoms. The first-order valence-electron chi connectivity index (χ1n) is 11.1. The highest BCUT2D eigenvalue weighted by atomic mass is 16.5. The van der Waals surface area contributed by atoms with E-state index in [0.29, 0.717) is 29.4 Å². The van der Waals surface area contributed by atoms with Crippen LogP contribution in [0, 0.1) is 13.8 Å². The predicted octanol–water partition coefficient (Wildman–Crippen LogP) is 4.68. The predicted molar refractivity (Wildman–Crippen MR) is 129 cm³/mol. The number of fused-ring (bicyclic) bond motifs is 1. The van der Waals surface area contributed by atoms with Gasteiger partial charge in [-0.2, -0.15) is 0 Å². The Labute approximate surface area is 194 Å². The Morgan fingerprint density at radius 1 is 1.06 bits per heavy atom. The molecule has 6 nitrogen and oxygen atoms in total. The molecule has 0 fully saturated rings. The van der Waals surface area contributed by atoms with E-state index < -0.39 is 6.10 Å². The van der Waals surface area contributed by atoms with Gasteiger partial charge in [0.2, 0.25) is 0 Å². The summed E-state index contributed by atoms with van der Waals surface area (Å²) in [7, 11) is 0. The summed E-state index contributed by atoms with van der Waals surface area (Å²) in [5.41, 5.74) is 4.51. The molecular weight excluding hydrogens is 416 g/mol. The van der Waals surface area contributed by atoms with E-state index in [2.05, 4.69) is 5.32 Å². The van der Waals surface area contributed by atoms with Gasteiger partial charge >= 0.3 is 0 Å². The van der Waals surface area contributed by atoms with E-state index in [9.17, 15) is 9.59 Å². The molecule has 33 heavy (non-hydrogen) atoms. The van der Waals surface area contributed by atoms with Crippen molar-refractivity contribution >= 4 is 23.2 Å². The van der Waals surface area contributed by atoms with E-state index in [4.69, 9.17) is 9.47 Å². The SMILES string of the molecule is Cc1ccc(C)c(OCC(=O)Nc2ccc3c(c2)OC(C)C(=O)N3CCc2ccccc2)c1. The van der Waals surface area contributed by atoms with Gasteiger partial charge in [0.25, 0.3) is 11.8 Å². The summed E-state index contributed by atoms with van der Waals surface area (Å²) in [6.07, 6.45) is 0.152. The number of anilines is 2. The minimum Gasteiger partial charge on any atom is -0.483 e. The van der Waals surface area contributed by atoms with Crippen LogP contribution < -0.4 is 19.7 Å². The van der Waals surface area contributed by atoms with Crippen molar-refractivity contribution in [1.82, 2.24) is 0 Å². The first-order chi connectivity index (χ1) is 15.9. The molecule has 0 saturated heterocycles. The van der Waals surface area contributed by atoms with Crippen LogP contribution in [0.4, 0.5) is 11.4 Å². The maximum Gasteiger partial charge on any atom is 0.267 e. The van der Waals surface area contributed by atoms with Gasteiger partial charge in [-0.3, -0.25) is 9.59 Å². The summed E-state index contributed by atoms with van der Waals surface area (Å²) >= 11 is 0. The summed E-state index contributed by atoms with van der Waals surface area (Å²) < 4.78 is 11.5. The van der Waals surface area contributed by atoms with Gasteiger partial charge in [-0.25, -0.2) is 0 Å². The van der Waals surface area contributed by atoms with Crippen molar-refractivity contribution in [3.8, 4) is 11.5 Å². The average molecular weight is 445 g/mol. The zero-order valence-corrected chi connectivity index (χ0v) is 19.1. The van der Waals surface area contributed by atoms with Crippen molar-refractivity contribution in [2.24, 2.45) is 0 Å². The summed E-state index contributed by atoms with van der Waals surface area (Å²) in [5.74, 6) is 0.928. The second-order valence-electron chi connectivity index (χ2n) is 8.27. The monoisotopic (exact) mass is 444 g/mol. The lowest BCUT2D eigenvalue weighted by molar-refractivity contribution is -0.125. The van der Waals surface area contributed by atoms with Crippen LogP contribution in [-0.2, 0) is 16.0 Å². The molecule has 3 aromatic rings. The number of nitrogens with one attached hydrogen (secondary N) is 1. The van der Waals surface area contributed by atoms with Crippen molar-refractivity contribution in [2.45, 2.75) is 33.3 Å². The Morgan fingerprint density at radius 3 is 2.64 bits per heavy atom. The molecule has 170 valence electrons. The molecule has 0 radical (unpaired) electrons. The highest BCUT2D eigenvalue weighted by Gasteiger charge is 2.31. The molecule has 0 aliphatic carbocycles. The largest absolute Gasteiger partial charge is 0.483 e. The standard InChI is InChI=1S/C27H28N2O4/c1-18-9-10-19(2)24(15-18)32-17-26(30)28-22-11-12-23-25(16-22)33-20(3)27(31)29(23)14-13-21-7-5-4-6-8-21/h4-12,15-16,20H,13-14,17H2,1-3H3,(H,28,30). The van der Waals surface area contributed by atoms with Gasteiger partial charge in [0.1, 0.15) is 11.5 Å². The third kappa shape index (κ3) is 5.34. The zero-order valence-electron chi connectivity index (χ0n) is 19.1. The maximum atomic E-state index is 12.8. The number of hydrogen-bond donors (Lipinski definition) is 1. The molecule has 3 aromatic carbocycles. The lowest BCUT2D eigenvalue weighted by Crippen LogP contribution is -2.45. The fourth-order valence-electron chi connectivity index (χ4n) is 3.81. The van der Waals surface area contributed by atoms with Crippen molar-refractivity contribution in [3.05, 3.63) is 83.4 Å². The second-order valence-corrected chi connectivity index (χ2v) is 8.27. The number of benzene rings is 3. The molecule has 0 bridgehead atoms. The molecule has 6 heteroatoms. The number of ether oxygens (including phenoxy) is 2. The maximum absolute atomic E-state index is 12.8. The quantitative estimate of drug-likeness (QED) is 0.575. The van der Waals surface area contributed by atoms with Crippen LogP contribution in [0.15, 0.2) is 66.7 Å². The lowest BCUT2D eigenvalue weighted by Gasteiger charge is -2.33. The van der Waals surface area contributed by atoms with E-state index in [1.165, 1.54) is 5.56 Å². The van der Waals surface area contributed by atoms with Gasteiger partial charge < -0.3 is 19.7 Å². The Hall–Kier alpha value is -3.80. The van der Waals surface area contributed by atoms with Gasteiger partial charge in [-0.15, -0.1) is 0 Å². The molecule has 4 rings (SSSR count). The van der Waals surface area contributed by atoms with Gasteiger partial charge in [0, 0.05) is 18.3 Å². The zero-order chi connectivity index (χ0) is 23.4. The van der Waals surface area contributed by atoms with Crippen LogP contribution >= 0.6 is 0 Å². The molecule has 1 atom stereocenters. The normalized spacial score (nSPS) is 14.9. The lowest BCUT2D eigenvalue weighted by atomic mass is 10.1. The van der Waals surface area contributed by atoms with Crippen LogP contribution in [-0.4, -0.2) is 31.1 Å². The summed E-state index contributed by atoms with van der Waals surface area (Å²) in [5, 5.41) is 2.85. The molecule has 1 heterocycles. The minimum atomic E-state index is -0.591. The van der Waals surface area contributed by atoms with Crippen LogP contribution in [0.3, 0.4) is 0 Å². The van der Waals surface area contributed by atoms with E-state index in [1.54, 1.807) is 24.0 Å². The summed E-state index contributed by atoms with van der Waals surface area (Å²) in [4.78, 5) is 27.0. The Balaban J connectivity index is 1.43. The molecule has 1 unspecified atom stereocenters. The molecule has 0 aromatic heterocycles. The second kappa shape index (κ2) is 9.77. The van der Waals surface area contributed by atoms with Gasteiger partial charge in [-0.05, 0) is 62.1 Å². The molecule has 0 saturated carbocycles. The third-order valence-electron chi connectivity index (χ3n) is 5.62. The van der Waals surface area contributed by atoms with E-state index in [1.807, 2.05) is 68.4 Å². The number of carbonyl (C=O) groups excluding carboxylic acids is 2. The van der Waals surface area contributed by atoms with Crippen LogP contribution in [0.1, 0.15) is 23.6 Å². The Morgan fingerprint density at radius 2 is 1.85 bits per heavy atom. The molecule has 1 aliphatic heterocycles. The van der Waals surface area contributed by atoms with Crippen molar-refractivity contribution in [2.75, 3.05) is 23.4 Å². The van der Waals surface area contributed by atoms with E-state index in [0.717, 1.165) is 17.5 Å². The Bertz CT molecular complexity index is 1160. The van der Waals surface area contributed by atoms with Crippen molar-refractivity contribution in [1.29, 1.82) is 0 Å². The number of nitrogens with zero attached hydrogens (tertiary/aromatic N) is 1. The van der Waals surface area contributed by atoms with Crippen LogP contribution in [0.5, 0.6) is 11.5 Å². The highest BCUT2D eigenvalue weighted by molar-refractivity contribution is 6.00. The van der Waals surface area contributed by atoms with Crippen molar-refractivity contribution in [3.63, 3.8) is 0 Å². The first-order valence-corrected chi connectivity index (χ1v) is 11.1. The van der Waals surface area contributed by atoms with E-state index >= 15 is 0 Å². The average Bonchev–Trinajstić information content (AvgIpc) is 2.80. The number of amides is 2. The number of hydrogen-bond acceptors (Lipinski definition) is 4. The number of carbonyl (C=O) groups is 2. The number of rotatable bonds is 7. The first kappa shape index (κ1) is 22.4. The minimum absolute atomic E-state index is 0.0721. The number of aryl methyl sites for hydroxylation is 2. The molecule has 1 N–H and O–H groups in total. The Kier molecular flexibility index (Phi) is 6.63. The van der Waals surface area contributed by atoms with Crippen molar-refractivity contribution < 1.29 is 19.1 Å². The van der Waals surface area contributed by atoms with E-state index in [-0.39, 0.29) is 18.4 Å². The smallest absolute Gasteiger partial charge is 0.267 e. The van der Waals surface area contributed by atoms with Crippen LogP contribution in [0.25, 0.3) is 0 Å². The summed E-state index contributed by atoms with van der Waals surface area (Å²) in [6, 6.07) is 21.3.